The Morgan fingerprint density at radius 2 is 1.75 bits per heavy atom. The number of Topliss-reactive ketones (excluding diaryl/α,β-unsaturated/α-hetero) is 1. The summed E-state index contributed by atoms with van der Waals surface area (Å²) in [6.07, 6.45) is 10.0. The zero-order valence-electron chi connectivity index (χ0n) is 20.3. The molecule has 0 aromatic carbocycles. The SMILES string of the molecule is CCCCCCCCC1CCC(C(=O)N[C@H](C(=O)N[C@@H](CCN)C(=O)CC)[C@H](C)O)CN1. The zero-order valence-corrected chi connectivity index (χ0v) is 20.3. The number of aliphatic hydroxyl groups is 1. The molecular weight excluding hydrogens is 408 g/mol. The second kappa shape index (κ2) is 16.2. The molecule has 6 N–H and O–H groups in total. The summed E-state index contributed by atoms with van der Waals surface area (Å²) in [5, 5.41) is 18.9. The van der Waals surface area contributed by atoms with Gasteiger partial charge in [0.05, 0.1) is 18.1 Å². The van der Waals surface area contributed by atoms with Crippen molar-refractivity contribution in [3.63, 3.8) is 0 Å². The molecule has 0 aromatic heterocycles. The first kappa shape index (κ1) is 28.5. The topological polar surface area (TPSA) is 134 Å². The molecule has 186 valence electrons. The first-order chi connectivity index (χ1) is 15.3. The lowest BCUT2D eigenvalue weighted by Crippen LogP contribution is -2.57. The van der Waals surface area contributed by atoms with Crippen molar-refractivity contribution in [1.29, 1.82) is 0 Å². The van der Waals surface area contributed by atoms with Crippen LogP contribution in [0, 0.1) is 5.92 Å². The lowest BCUT2D eigenvalue weighted by atomic mass is 9.91. The predicted molar refractivity (Wildman–Crippen MR) is 127 cm³/mol. The highest BCUT2D eigenvalue weighted by molar-refractivity contribution is 5.93. The number of ketones is 1. The van der Waals surface area contributed by atoms with E-state index in [-0.39, 0.29) is 30.6 Å². The van der Waals surface area contributed by atoms with E-state index in [1.54, 1.807) is 6.92 Å². The molecule has 2 amide bonds. The lowest BCUT2D eigenvalue weighted by Gasteiger charge is -2.31. The molecule has 1 aliphatic heterocycles. The number of nitrogens with one attached hydrogen (secondary N) is 3. The van der Waals surface area contributed by atoms with E-state index in [4.69, 9.17) is 5.73 Å². The molecule has 2 unspecified atom stereocenters. The van der Waals surface area contributed by atoms with Crippen LogP contribution < -0.4 is 21.7 Å². The maximum atomic E-state index is 12.8. The number of carbonyl (C=O) groups is 3. The van der Waals surface area contributed by atoms with Crippen LogP contribution >= 0.6 is 0 Å². The Kier molecular flexibility index (Phi) is 14.4. The van der Waals surface area contributed by atoms with E-state index in [0.717, 1.165) is 19.3 Å². The van der Waals surface area contributed by atoms with Crippen molar-refractivity contribution >= 4 is 17.6 Å². The smallest absolute Gasteiger partial charge is 0.245 e. The average Bonchev–Trinajstić information content (AvgIpc) is 2.78. The van der Waals surface area contributed by atoms with Crippen LogP contribution in [-0.2, 0) is 14.4 Å². The maximum Gasteiger partial charge on any atom is 0.245 e. The first-order valence-electron chi connectivity index (χ1n) is 12.6. The number of nitrogens with two attached hydrogens (primary N) is 1. The number of hydrogen-bond donors (Lipinski definition) is 5. The summed E-state index contributed by atoms with van der Waals surface area (Å²) in [4.78, 5) is 37.5. The Balaban J connectivity index is 2.47. The molecule has 1 heterocycles. The van der Waals surface area contributed by atoms with Gasteiger partial charge >= 0.3 is 0 Å². The summed E-state index contributed by atoms with van der Waals surface area (Å²) < 4.78 is 0. The van der Waals surface area contributed by atoms with E-state index in [1.807, 2.05) is 0 Å². The number of carbonyl (C=O) groups excluding carboxylic acids is 3. The highest BCUT2D eigenvalue weighted by Gasteiger charge is 2.32. The summed E-state index contributed by atoms with van der Waals surface area (Å²) in [6, 6.07) is -1.36. The summed E-state index contributed by atoms with van der Waals surface area (Å²) >= 11 is 0. The summed E-state index contributed by atoms with van der Waals surface area (Å²) in [5.74, 6) is -1.15. The molecule has 0 spiro atoms. The number of unbranched alkanes of at least 4 members (excludes halogenated alkanes) is 5. The van der Waals surface area contributed by atoms with Crippen LogP contribution in [0.25, 0.3) is 0 Å². The standard InChI is InChI=1S/C24H46N4O4/c1-4-6-7-8-9-10-11-19-13-12-18(16-26-19)23(31)28-22(17(3)29)24(32)27-20(14-15-25)21(30)5-2/h17-20,22,26,29H,4-16,25H2,1-3H3,(H,27,32)(H,28,31)/t17-,18?,19?,20-,22-/m0/s1. The van der Waals surface area contributed by atoms with E-state index in [2.05, 4.69) is 22.9 Å². The van der Waals surface area contributed by atoms with Crippen molar-refractivity contribution in [3.05, 3.63) is 0 Å². The van der Waals surface area contributed by atoms with Crippen LogP contribution in [0.4, 0.5) is 0 Å². The molecule has 5 atom stereocenters. The predicted octanol–water partition coefficient (Wildman–Crippen LogP) is 1.78. The molecule has 0 bridgehead atoms. The number of piperidine rings is 1. The van der Waals surface area contributed by atoms with Gasteiger partial charge in [0.1, 0.15) is 6.04 Å². The van der Waals surface area contributed by atoms with Crippen molar-refractivity contribution in [1.82, 2.24) is 16.0 Å². The summed E-state index contributed by atoms with van der Waals surface area (Å²) in [5.41, 5.74) is 5.55. The molecule has 32 heavy (non-hydrogen) atoms. The molecule has 1 aliphatic rings. The fourth-order valence-electron chi connectivity index (χ4n) is 4.22. The Bertz CT molecular complexity index is 562. The minimum Gasteiger partial charge on any atom is -0.391 e. The van der Waals surface area contributed by atoms with Gasteiger partial charge in [-0.2, -0.15) is 0 Å². The van der Waals surface area contributed by atoms with Crippen LogP contribution in [0.1, 0.15) is 91.4 Å². The molecule has 1 rings (SSSR count). The van der Waals surface area contributed by atoms with Gasteiger partial charge in [0.25, 0.3) is 0 Å². The van der Waals surface area contributed by atoms with Crippen molar-refractivity contribution in [2.24, 2.45) is 11.7 Å². The van der Waals surface area contributed by atoms with Gasteiger partial charge < -0.3 is 26.8 Å². The summed E-state index contributed by atoms with van der Waals surface area (Å²) in [7, 11) is 0. The van der Waals surface area contributed by atoms with Gasteiger partial charge in [0, 0.05) is 19.0 Å². The third-order valence-electron chi connectivity index (χ3n) is 6.37. The largest absolute Gasteiger partial charge is 0.391 e. The Morgan fingerprint density at radius 1 is 1.06 bits per heavy atom. The van der Waals surface area contributed by atoms with Gasteiger partial charge in [-0.15, -0.1) is 0 Å². The van der Waals surface area contributed by atoms with Gasteiger partial charge in [-0.3, -0.25) is 14.4 Å². The van der Waals surface area contributed by atoms with Crippen LogP contribution in [0.15, 0.2) is 0 Å². The van der Waals surface area contributed by atoms with Gasteiger partial charge in [0.15, 0.2) is 5.78 Å². The van der Waals surface area contributed by atoms with Gasteiger partial charge in [-0.25, -0.2) is 0 Å². The fourth-order valence-corrected chi connectivity index (χ4v) is 4.22. The normalized spacial score (nSPS) is 21.4. The van der Waals surface area contributed by atoms with E-state index in [1.165, 1.54) is 45.4 Å². The van der Waals surface area contributed by atoms with E-state index >= 15 is 0 Å². The van der Waals surface area contributed by atoms with E-state index < -0.39 is 24.1 Å². The van der Waals surface area contributed by atoms with Crippen molar-refractivity contribution in [2.45, 2.75) is 116 Å². The average molecular weight is 455 g/mol. The molecule has 8 heteroatoms. The highest BCUT2D eigenvalue weighted by atomic mass is 16.3. The molecule has 8 nitrogen and oxygen atoms in total. The second-order valence-electron chi connectivity index (χ2n) is 9.12. The minimum atomic E-state index is -1.10. The zero-order chi connectivity index (χ0) is 23.9. The van der Waals surface area contributed by atoms with Crippen LogP contribution in [0.5, 0.6) is 0 Å². The highest BCUT2D eigenvalue weighted by Crippen LogP contribution is 2.19. The molecule has 1 saturated heterocycles. The minimum absolute atomic E-state index is 0.118. The van der Waals surface area contributed by atoms with Crippen LogP contribution in [0.2, 0.25) is 0 Å². The monoisotopic (exact) mass is 454 g/mol. The Hall–Kier alpha value is -1.51. The summed E-state index contributed by atoms with van der Waals surface area (Å²) in [6.45, 7) is 6.24. The third kappa shape index (κ3) is 10.4. The lowest BCUT2D eigenvalue weighted by molar-refractivity contribution is -0.135. The Morgan fingerprint density at radius 3 is 2.31 bits per heavy atom. The molecule has 0 saturated carbocycles. The number of amides is 2. The number of rotatable bonds is 16. The number of aliphatic hydroxyl groups excluding tert-OH is 1. The van der Waals surface area contributed by atoms with Gasteiger partial charge in [-0.05, 0) is 39.2 Å². The number of hydrogen-bond acceptors (Lipinski definition) is 6. The Labute approximate surface area is 193 Å². The molecule has 0 aromatic rings. The van der Waals surface area contributed by atoms with E-state index in [9.17, 15) is 19.5 Å². The molecular formula is C24H46N4O4. The van der Waals surface area contributed by atoms with E-state index in [0.29, 0.717) is 19.0 Å². The molecule has 1 fully saturated rings. The quantitative estimate of drug-likeness (QED) is 0.226. The van der Waals surface area contributed by atoms with Crippen LogP contribution in [0.3, 0.4) is 0 Å². The fraction of sp³-hybridized carbons (Fsp3) is 0.875. The van der Waals surface area contributed by atoms with Gasteiger partial charge in [0.2, 0.25) is 11.8 Å². The maximum absolute atomic E-state index is 12.8. The first-order valence-corrected chi connectivity index (χ1v) is 12.6. The van der Waals surface area contributed by atoms with Crippen molar-refractivity contribution in [3.8, 4) is 0 Å². The van der Waals surface area contributed by atoms with Gasteiger partial charge in [-0.1, -0.05) is 52.4 Å². The van der Waals surface area contributed by atoms with Crippen LogP contribution in [-0.4, -0.2) is 60.0 Å². The molecule has 0 aliphatic carbocycles. The third-order valence-corrected chi connectivity index (χ3v) is 6.37. The second-order valence-corrected chi connectivity index (χ2v) is 9.12. The molecule has 0 radical (unpaired) electrons. The van der Waals surface area contributed by atoms with Crippen molar-refractivity contribution < 1.29 is 19.5 Å². The van der Waals surface area contributed by atoms with Crippen molar-refractivity contribution in [2.75, 3.05) is 13.1 Å².